The number of methoxy groups -OCH3 is 1. The molecule has 5 aliphatic rings. The second kappa shape index (κ2) is 7.49. The van der Waals surface area contributed by atoms with Crippen LogP contribution in [-0.4, -0.2) is 29.3 Å². The number of hydrogen-bond acceptors (Lipinski definition) is 6. The Morgan fingerprint density at radius 3 is 2.32 bits per heavy atom. The maximum atomic E-state index is 13.7. The molecule has 172 valence electrons. The molecule has 3 heterocycles. The lowest BCUT2D eigenvalue weighted by molar-refractivity contribution is -0.123. The zero-order valence-electron chi connectivity index (χ0n) is 18.5. The molecular formula is C27H23NO4S2. The number of rotatable bonds is 3. The number of thioether (sulfide) groups is 2. The quantitative estimate of drug-likeness (QED) is 0.575. The number of carbonyl (C=O) groups excluding carboxylic acids is 3. The van der Waals surface area contributed by atoms with Gasteiger partial charge in [-0.2, -0.15) is 0 Å². The van der Waals surface area contributed by atoms with Crippen molar-refractivity contribution in [1.82, 2.24) is 0 Å². The van der Waals surface area contributed by atoms with Crippen LogP contribution in [0.3, 0.4) is 0 Å². The van der Waals surface area contributed by atoms with Crippen molar-refractivity contribution in [3.63, 3.8) is 0 Å². The molecule has 2 aromatic rings. The normalized spacial score (nSPS) is 35.6. The van der Waals surface area contributed by atoms with Gasteiger partial charge in [0.25, 0.3) is 0 Å². The van der Waals surface area contributed by atoms with Crippen molar-refractivity contribution in [2.45, 2.75) is 24.0 Å². The molecule has 34 heavy (non-hydrogen) atoms. The molecule has 2 aromatic carbocycles. The lowest BCUT2D eigenvalue weighted by Crippen LogP contribution is -2.42. The fourth-order valence-corrected chi connectivity index (χ4v) is 10.4. The number of amides is 2. The van der Waals surface area contributed by atoms with Crippen molar-refractivity contribution < 1.29 is 19.1 Å². The molecule has 3 aliphatic heterocycles. The summed E-state index contributed by atoms with van der Waals surface area (Å²) in [5.41, 5.74) is 1.85. The Bertz CT molecular complexity index is 1260. The van der Waals surface area contributed by atoms with Gasteiger partial charge in [-0.3, -0.25) is 19.3 Å². The van der Waals surface area contributed by atoms with Crippen LogP contribution in [0.5, 0.6) is 5.75 Å². The summed E-state index contributed by atoms with van der Waals surface area (Å²) in [6.45, 7) is 0. The highest BCUT2D eigenvalue weighted by Crippen LogP contribution is 2.70. The van der Waals surface area contributed by atoms with E-state index in [0.717, 1.165) is 6.42 Å². The number of carbonyl (C=O) groups is 3. The molecule has 0 N–H and O–H groups in total. The van der Waals surface area contributed by atoms with Crippen LogP contribution in [0, 0.1) is 29.6 Å². The summed E-state index contributed by atoms with van der Waals surface area (Å²) in [5, 5.41) is 0.484. The molecule has 0 aromatic heterocycles. The minimum absolute atomic E-state index is 0.0559. The molecule has 3 fully saturated rings. The van der Waals surface area contributed by atoms with Gasteiger partial charge in [0.15, 0.2) is 5.12 Å². The highest BCUT2D eigenvalue weighted by molar-refractivity contribution is 8.18. The van der Waals surface area contributed by atoms with Gasteiger partial charge in [0.05, 0.1) is 24.6 Å². The number of anilines is 1. The summed E-state index contributed by atoms with van der Waals surface area (Å²) in [6.07, 6.45) is 1.42. The molecule has 7 heteroatoms. The van der Waals surface area contributed by atoms with E-state index in [2.05, 4.69) is 24.3 Å². The monoisotopic (exact) mass is 489 g/mol. The van der Waals surface area contributed by atoms with Gasteiger partial charge in [-0.25, -0.2) is 0 Å². The first-order valence-electron chi connectivity index (χ1n) is 11.7. The number of hydrogen-bond donors (Lipinski definition) is 0. The predicted molar refractivity (Wildman–Crippen MR) is 132 cm³/mol. The molecule has 1 saturated heterocycles. The van der Waals surface area contributed by atoms with Crippen LogP contribution < -0.4 is 9.64 Å². The minimum atomic E-state index is -0.267. The smallest absolute Gasteiger partial charge is 0.238 e. The van der Waals surface area contributed by atoms with E-state index in [0.29, 0.717) is 17.9 Å². The number of imide groups is 1. The van der Waals surface area contributed by atoms with E-state index in [1.807, 2.05) is 17.8 Å². The Morgan fingerprint density at radius 2 is 1.62 bits per heavy atom. The van der Waals surface area contributed by atoms with E-state index in [1.165, 1.54) is 32.0 Å². The Morgan fingerprint density at radius 1 is 0.912 bits per heavy atom. The van der Waals surface area contributed by atoms with Gasteiger partial charge in [0.1, 0.15) is 5.75 Å². The van der Waals surface area contributed by atoms with E-state index in [9.17, 15) is 14.4 Å². The van der Waals surface area contributed by atoms with Crippen molar-refractivity contribution in [3.05, 3.63) is 70.0 Å². The fraction of sp³-hybridized carbons (Fsp3) is 0.370. The summed E-state index contributed by atoms with van der Waals surface area (Å²) < 4.78 is 5.24. The SMILES string of the molecule is COc1ccc(N2C(=O)[C@@H]3[C@H]4C[C@@H]([C@@H]3C2=O)[C@H]2[C@@H]4SC3=C(SC(=O)C3)[C@@H]2c2ccccc2)cc1. The molecular weight excluding hydrogens is 466 g/mol. The van der Waals surface area contributed by atoms with Gasteiger partial charge in [-0.05, 0) is 54.0 Å². The topological polar surface area (TPSA) is 63.7 Å². The van der Waals surface area contributed by atoms with E-state index in [4.69, 9.17) is 4.74 Å². The second-order valence-electron chi connectivity index (χ2n) is 9.81. The van der Waals surface area contributed by atoms with Crippen LogP contribution in [0.2, 0.25) is 0 Å². The summed E-state index contributed by atoms with van der Waals surface area (Å²) in [5.74, 6) is 0.791. The van der Waals surface area contributed by atoms with E-state index >= 15 is 0 Å². The standard InChI is InChI=1S/C27H23NO4S2/c1-32-15-9-7-14(8-10-15)28-26(30)22-16-11-17(23(22)27(28)31)24-21(16)20(13-5-3-2-4-6-13)25-18(33-24)12-19(29)34-25/h2-10,16-17,20-24H,11-12H2,1H3/t16-,17-,20-,21-,22+,23-,24-/m1/s1. The zero-order valence-corrected chi connectivity index (χ0v) is 20.2. The van der Waals surface area contributed by atoms with Gasteiger partial charge in [0.2, 0.25) is 11.8 Å². The van der Waals surface area contributed by atoms with Crippen molar-refractivity contribution in [1.29, 1.82) is 0 Å². The second-order valence-corrected chi connectivity index (χ2v) is 12.2. The van der Waals surface area contributed by atoms with Crippen LogP contribution in [0.15, 0.2) is 64.4 Å². The van der Waals surface area contributed by atoms with Crippen molar-refractivity contribution >= 4 is 46.1 Å². The third-order valence-electron chi connectivity index (χ3n) is 8.40. The predicted octanol–water partition coefficient (Wildman–Crippen LogP) is 4.84. The van der Waals surface area contributed by atoms with Gasteiger partial charge in [-0.1, -0.05) is 42.1 Å². The third-order valence-corrected chi connectivity index (χ3v) is 11.2. The largest absolute Gasteiger partial charge is 0.497 e. The van der Waals surface area contributed by atoms with Crippen LogP contribution in [0.4, 0.5) is 5.69 Å². The first-order chi connectivity index (χ1) is 16.6. The number of allylic oxidation sites excluding steroid dienone is 2. The molecule has 2 amide bonds. The maximum Gasteiger partial charge on any atom is 0.238 e. The summed E-state index contributed by atoms with van der Waals surface area (Å²) in [4.78, 5) is 43.6. The van der Waals surface area contributed by atoms with Crippen LogP contribution in [-0.2, 0) is 14.4 Å². The Balaban J connectivity index is 1.28. The average Bonchev–Trinajstić information content (AvgIpc) is 3.58. The minimum Gasteiger partial charge on any atom is -0.497 e. The Hall–Kier alpha value is -2.51. The lowest BCUT2D eigenvalue weighted by atomic mass is 9.68. The van der Waals surface area contributed by atoms with Gasteiger partial charge in [-0.15, -0.1) is 11.8 Å². The summed E-state index contributed by atoms with van der Waals surface area (Å²) in [7, 11) is 1.60. The van der Waals surface area contributed by atoms with Crippen molar-refractivity contribution in [3.8, 4) is 5.75 Å². The Labute approximate surface area is 206 Å². The maximum absolute atomic E-state index is 13.7. The molecule has 0 radical (unpaired) electrons. The third kappa shape index (κ3) is 2.74. The average molecular weight is 490 g/mol. The first-order valence-corrected chi connectivity index (χ1v) is 13.4. The molecule has 0 spiro atoms. The molecule has 2 saturated carbocycles. The molecule has 7 rings (SSSR count). The van der Waals surface area contributed by atoms with E-state index < -0.39 is 0 Å². The number of ether oxygens (including phenoxy) is 1. The van der Waals surface area contributed by atoms with Crippen LogP contribution in [0.1, 0.15) is 24.3 Å². The van der Waals surface area contributed by atoms with E-state index in [1.54, 1.807) is 31.4 Å². The van der Waals surface area contributed by atoms with Gasteiger partial charge >= 0.3 is 0 Å². The van der Waals surface area contributed by atoms with Crippen molar-refractivity contribution in [2.75, 3.05) is 12.0 Å². The number of fused-ring (bicyclic) bond motifs is 8. The zero-order chi connectivity index (χ0) is 23.1. The highest BCUT2D eigenvalue weighted by Gasteiger charge is 2.69. The molecule has 7 atom stereocenters. The van der Waals surface area contributed by atoms with Gasteiger partial charge < -0.3 is 4.74 Å². The summed E-state index contributed by atoms with van der Waals surface area (Å²) in [6, 6.07) is 17.6. The highest BCUT2D eigenvalue weighted by atomic mass is 32.2. The number of benzene rings is 2. The first kappa shape index (κ1) is 20.8. The molecule has 0 unspecified atom stereocenters. The van der Waals surface area contributed by atoms with Crippen LogP contribution >= 0.6 is 23.5 Å². The summed E-state index contributed by atoms with van der Waals surface area (Å²) >= 11 is 3.23. The van der Waals surface area contributed by atoms with Gasteiger partial charge in [0, 0.05) is 27.4 Å². The van der Waals surface area contributed by atoms with E-state index in [-0.39, 0.29) is 57.7 Å². The van der Waals surface area contributed by atoms with Crippen LogP contribution in [0.25, 0.3) is 0 Å². The number of nitrogens with zero attached hydrogens (tertiary/aromatic N) is 1. The molecule has 5 nitrogen and oxygen atoms in total. The fourth-order valence-electron chi connectivity index (χ4n) is 7.22. The Kier molecular flexibility index (Phi) is 4.59. The molecule has 2 aliphatic carbocycles. The molecule has 2 bridgehead atoms. The van der Waals surface area contributed by atoms with Crippen molar-refractivity contribution in [2.24, 2.45) is 29.6 Å². The lowest BCUT2D eigenvalue weighted by Gasteiger charge is -2.44.